The van der Waals surface area contributed by atoms with Gasteiger partial charge in [-0.1, -0.05) is 46.6 Å². The Morgan fingerprint density at radius 1 is 0.870 bits per heavy atom. The van der Waals surface area contributed by atoms with E-state index in [1.165, 1.54) is 10.5 Å². The van der Waals surface area contributed by atoms with Crippen LogP contribution in [0.3, 0.4) is 0 Å². The van der Waals surface area contributed by atoms with Crippen LogP contribution in [0.1, 0.15) is 51.5 Å². The average Bonchev–Trinajstić information content (AvgIpc) is 3.13. The molecule has 2 amide bonds. The molecule has 4 heteroatoms. The fourth-order valence-electron chi connectivity index (χ4n) is 3.86. The second kappa shape index (κ2) is 5.60. The Morgan fingerprint density at radius 2 is 1.48 bits per heavy atom. The monoisotopic (exact) mass is 369 g/mol. The summed E-state index contributed by atoms with van der Waals surface area (Å²) >= 11 is 3.46. The number of imide groups is 1. The van der Waals surface area contributed by atoms with Crippen molar-refractivity contribution in [2.45, 2.75) is 31.2 Å². The summed E-state index contributed by atoms with van der Waals surface area (Å²) in [5.41, 5.74) is 2.28. The van der Waals surface area contributed by atoms with Crippen molar-refractivity contribution in [2.24, 2.45) is 0 Å². The summed E-state index contributed by atoms with van der Waals surface area (Å²) in [4.78, 5) is 26.9. The Labute approximate surface area is 143 Å². The molecule has 2 aromatic rings. The molecule has 2 aromatic carbocycles. The number of benzene rings is 2. The van der Waals surface area contributed by atoms with Gasteiger partial charge in [-0.25, -0.2) is 0 Å². The first kappa shape index (κ1) is 14.6. The topological polar surface area (TPSA) is 37.4 Å². The highest BCUT2D eigenvalue weighted by atomic mass is 79.9. The van der Waals surface area contributed by atoms with Crippen molar-refractivity contribution >= 4 is 27.7 Å². The molecule has 0 unspecified atom stereocenters. The number of hydrogen-bond donors (Lipinski definition) is 0. The SMILES string of the molecule is O=C1c2ccccc2C(=O)N1[C@H]1CCC[C@@H]1c1ccc(Br)cc1. The summed E-state index contributed by atoms with van der Waals surface area (Å²) in [6, 6.07) is 15.3. The Kier molecular flexibility index (Phi) is 3.57. The van der Waals surface area contributed by atoms with E-state index in [1.807, 2.05) is 24.3 Å². The third-order valence-corrected chi connectivity index (χ3v) is 5.46. The predicted octanol–water partition coefficient (Wildman–Crippen LogP) is 4.38. The second-order valence-corrected chi connectivity index (χ2v) is 7.10. The molecule has 1 saturated carbocycles. The summed E-state index contributed by atoms with van der Waals surface area (Å²) < 4.78 is 1.04. The quantitative estimate of drug-likeness (QED) is 0.736. The molecular formula is C19H16BrNO2. The van der Waals surface area contributed by atoms with Crippen LogP contribution in [0.25, 0.3) is 0 Å². The largest absolute Gasteiger partial charge is 0.271 e. The van der Waals surface area contributed by atoms with E-state index in [0.717, 1.165) is 23.7 Å². The maximum Gasteiger partial charge on any atom is 0.261 e. The lowest BCUT2D eigenvalue weighted by Gasteiger charge is -2.28. The molecule has 3 nitrogen and oxygen atoms in total. The van der Waals surface area contributed by atoms with E-state index in [0.29, 0.717) is 11.1 Å². The first-order chi connectivity index (χ1) is 11.2. The van der Waals surface area contributed by atoms with Crippen molar-refractivity contribution in [2.75, 3.05) is 0 Å². The Bertz CT molecular complexity index is 749. The summed E-state index contributed by atoms with van der Waals surface area (Å²) in [6.07, 6.45) is 2.94. The Balaban J connectivity index is 1.69. The second-order valence-electron chi connectivity index (χ2n) is 6.18. The van der Waals surface area contributed by atoms with Gasteiger partial charge in [0, 0.05) is 16.4 Å². The number of carbonyl (C=O) groups is 2. The maximum absolute atomic E-state index is 12.7. The Hall–Kier alpha value is -1.94. The molecule has 2 atom stereocenters. The maximum atomic E-state index is 12.7. The van der Waals surface area contributed by atoms with Gasteiger partial charge in [0.2, 0.25) is 0 Å². The van der Waals surface area contributed by atoms with Gasteiger partial charge in [0.05, 0.1) is 11.1 Å². The minimum Gasteiger partial charge on any atom is -0.271 e. The van der Waals surface area contributed by atoms with Crippen LogP contribution in [0.4, 0.5) is 0 Å². The van der Waals surface area contributed by atoms with Crippen LogP contribution in [-0.2, 0) is 0 Å². The highest BCUT2D eigenvalue weighted by Crippen LogP contribution is 2.41. The molecule has 116 valence electrons. The van der Waals surface area contributed by atoms with E-state index in [4.69, 9.17) is 0 Å². The van der Waals surface area contributed by atoms with Gasteiger partial charge in [-0.2, -0.15) is 0 Å². The van der Waals surface area contributed by atoms with Gasteiger partial charge in [0.1, 0.15) is 0 Å². The lowest BCUT2D eigenvalue weighted by molar-refractivity contribution is 0.0574. The molecule has 1 fully saturated rings. The molecular weight excluding hydrogens is 354 g/mol. The van der Waals surface area contributed by atoms with Crippen LogP contribution >= 0.6 is 15.9 Å². The van der Waals surface area contributed by atoms with Crippen molar-refractivity contribution in [1.82, 2.24) is 4.90 Å². The fourth-order valence-corrected chi connectivity index (χ4v) is 4.12. The first-order valence-electron chi connectivity index (χ1n) is 7.89. The molecule has 1 aliphatic carbocycles. The number of amides is 2. The zero-order chi connectivity index (χ0) is 16.0. The van der Waals surface area contributed by atoms with E-state index in [2.05, 4.69) is 28.1 Å². The highest BCUT2D eigenvalue weighted by Gasteiger charge is 2.44. The van der Waals surface area contributed by atoms with E-state index in [1.54, 1.807) is 12.1 Å². The van der Waals surface area contributed by atoms with Crippen LogP contribution in [0.2, 0.25) is 0 Å². The van der Waals surface area contributed by atoms with Crippen molar-refractivity contribution in [3.63, 3.8) is 0 Å². The minimum atomic E-state index is -0.139. The predicted molar refractivity (Wildman–Crippen MR) is 91.5 cm³/mol. The standard InChI is InChI=1S/C19H16BrNO2/c20-13-10-8-12(9-11-13)14-6-3-7-17(14)21-18(22)15-4-1-2-5-16(15)19(21)23/h1-2,4-5,8-11,14,17H,3,6-7H2/t14-,17+/m1/s1. The van der Waals surface area contributed by atoms with Crippen molar-refractivity contribution in [3.05, 3.63) is 69.7 Å². The lowest BCUT2D eigenvalue weighted by atomic mass is 9.93. The number of halogens is 1. The molecule has 0 bridgehead atoms. The summed E-state index contributed by atoms with van der Waals surface area (Å²) in [5.74, 6) is -0.0514. The molecule has 0 N–H and O–H groups in total. The molecule has 2 aliphatic rings. The lowest BCUT2D eigenvalue weighted by Crippen LogP contribution is -2.41. The van der Waals surface area contributed by atoms with Gasteiger partial charge in [0.25, 0.3) is 11.8 Å². The Morgan fingerprint density at radius 3 is 2.09 bits per heavy atom. The normalized spacial score (nSPS) is 23.4. The fraction of sp³-hybridized carbons (Fsp3) is 0.263. The molecule has 1 heterocycles. The van der Waals surface area contributed by atoms with Crippen LogP contribution in [0, 0.1) is 0 Å². The third-order valence-electron chi connectivity index (χ3n) is 4.93. The molecule has 23 heavy (non-hydrogen) atoms. The highest BCUT2D eigenvalue weighted by molar-refractivity contribution is 9.10. The van der Waals surface area contributed by atoms with Crippen molar-refractivity contribution in [1.29, 1.82) is 0 Å². The van der Waals surface area contributed by atoms with E-state index in [9.17, 15) is 9.59 Å². The minimum absolute atomic E-state index is 0.0384. The molecule has 0 saturated heterocycles. The molecule has 1 aliphatic heterocycles. The van der Waals surface area contributed by atoms with Gasteiger partial charge in [-0.15, -0.1) is 0 Å². The average molecular weight is 370 g/mol. The van der Waals surface area contributed by atoms with Crippen molar-refractivity contribution in [3.8, 4) is 0 Å². The van der Waals surface area contributed by atoms with Crippen LogP contribution in [0.5, 0.6) is 0 Å². The van der Waals surface area contributed by atoms with E-state index in [-0.39, 0.29) is 23.8 Å². The molecule has 0 aromatic heterocycles. The van der Waals surface area contributed by atoms with Gasteiger partial charge in [0.15, 0.2) is 0 Å². The number of carbonyl (C=O) groups excluding carboxylic acids is 2. The molecule has 0 spiro atoms. The number of rotatable bonds is 2. The summed E-state index contributed by atoms with van der Waals surface area (Å²) in [6.45, 7) is 0. The van der Waals surface area contributed by atoms with Gasteiger partial charge in [-0.05, 0) is 42.7 Å². The summed E-state index contributed by atoms with van der Waals surface area (Å²) in [5, 5.41) is 0. The van der Waals surface area contributed by atoms with Crippen LogP contribution < -0.4 is 0 Å². The molecule has 0 radical (unpaired) electrons. The number of hydrogen-bond acceptors (Lipinski definition) is 2. The first-order valence-corrected chi connectivity index (χ1v) is 8.68. The van der Waals surface area contributed by atoms with Gasteiger partial charge >= 0.3 is 0 Å². The van der Waals surface area contributed by atoms with Gasteiger partial charge < -0.3 is 0 Å². The molecule has 4 rings (SSSR count). The van der Waals surface area contributed by atoms with Crippen molar-refractivity contribution < 1.29 is 9.59 Å². The summed E-state index contributed by atoms with van der Waals surface area (Å²) in [7, 11) is 0. The zero-order valence-electron chi connectivity index (χ0n) is 12.5. The van der Waals surface area contributed by atoms with E-state index >= 15 is 0 Å². The van der Waals surface area contributed by atoms with Crippen LogP contribution in [-0.4, -0.2) is 22.8 Å². The van der Waals surface area contributed by atoms with Gasteiger partial charge in [-0.3, -0.25) is 14.5 Å². The number of nitrogens with zero attached hydrogens (tertiary/aromatic N) is 1. The van der Waals surface area contributed by atoms with Crippen LogP contribution in [0.15, 0.2) is 53.0 Å². The number of fused-ring (bicyclic) bond motifs is 1. The zero-order valence-corrected chi connectivity index (χ0v) is 14.1. The third kappa shape index (κ3) is 2.32. The smallest absolute Gasteiger partial charge is 0.261 e. The van der Waals surface area contributed by atoms with E-state index < -0.39 is 0 Å².